The number of carbonyl (C=O) groups excluding carboxylic acids is 1. The molecule has 1 aromatic carbocycles. The summed E-state index contributed by atoms with van der Waals surface area (Å²) < 4.78 is 5.40. The number of nitrogens with two attached hydrogens (primary N) is 1. The number of hydrogen-bond donors (Lipinski definition) is 2. The van der Waals surface area contributed by atoms with E-state index in [9.17, 15) is 4.79 Å². The summed E-state index contributed by atoms with van der Waals surface area (Å²) in [6.45, 7) is 1.35. The Morgan fingerprint density at radius 2 is 2.14 bits per heavy atom. The zero-order valence-electron chi connectivity index (χ0n) is 12.1. The molecule has 0 spiro atoms. The maximum absolute atomic E-state index is 12.3. The number of halogens is 1. The summed E-state index contributed by atoms with van der Waals surface area (Å²) in [4.78, 5) is 12.3. The van der Waals surface area contributed by atoms with Gasteiger partial charge in [-0.05, 0) is 55.4 Å². The number of hydrogen-bond acceptors (Lipinski definition) is 3. The van der Waals surface area contributed by atoms with Crippen molar-refractivity contribution in [2.45, 2.75) is 38.1 Å². The SMILES string of the molecule is Cl.Nc1ccc2c(c1)CCCC2NC(=O)C1CCCOC1. The summed E-state index contributed by atoms with van der Waals surface area (Å²) in [5, 5.41) is 3.20. The number of rotatable bonds is 2. The minimum absolute atomic E-state index is 0. The van der Waals surface area contributed by atoms with Crippen molar-refractivity contribution in [2.24, 2.45) is 5.92 Å². The average molecular weight is 311 g/mol. The number of benzene rings is 1. The Morgan fingerprint density at radius 3 is 2.90 bits per heavy atom. The van der Waals surface area contributed by atoms with Gasteiger partial charge < -0.3 is 15.8 Å². The van der Waals surface area contributed by atoms with E-state index in [4.69, 9.17) is 10.5 Å². The molecule has 2 aliphatic rings. The third-order valence-electron chi connectivity index (χ3n) is 4.33. The number of fused-ring (bicyclic) bond motifs is 1. The van der Waals surface area contributed by atoms with Gasteiger partial charge in [0.25, 0.3) is 0 Å². The van der Waals surface area contributed by atoms with Crippen molar-refractivity contribution in [1.29, 1.82) is 0 Å². The van der Waals surface area contributed by atoms with Crippen molar-refractivity contribution >= 4 is 24.0 Å². The van der Waals surface area contributed by atoms with Gasteiger partial charge in [0.2, 0.25) is 5.91 Å². The lowest BCUT2D eigenvalue weighted by Crippen LogP contribution is -2.38. The van der Waals surface area contributed by atoms with Gasteiger partial charge in [-0.25, -0.2) is 0 Å². The molecule has 4 nitrogen and oxygen atoms in total. The molecule has 2 atom stereocenters. The zero-order valence-corrected chi connectivity index (χ0v) is 13.0. The molecule has 3 rings (SSSR count). The molecule has 1 aliphatic carbocycles. The highest BCUT2D eigenvalue weighted by molar-refractivity contribution is 5.85. The highest BCUT2D eigenvalue weighted by atomic mass is 35.5. The van der Waals surface area contributed by atoms with E-state index in [1.54, 1.807) is 0 Å². The monoisotopic (exact) mass is 310 g/mol. The van der Waals surface area contributed by atoms with E-state index in [0.29, 0.717) is 6.61 Å². The van der Waals surface area contributed by atoms with Crippen LogP contribution in [0.3, 0.4) is 0 Å². The van der Waals surface area contributed by atoms with Gasteiger partial charge in [0.15, 0.2) is 0 Å². The predicted octanol–water partition coefficient (Wildman–Crippen LogP) is 2.61. The molecule has 0 saturated carbocycles. The molecule has 1 saturated heterocycles. The summed E-state index contributed by atoms with van der Waals surface area (Å²) in [7, 11) is 0. The van der Waals surface area contributed by atoms with Gasteiger partial charge in [0, 0.05) is 12.3 Å². The fourth-order valence-corrected chi connectivity index (χ4v) is 3.22. The van der Waals surface area contributed by atoms with Crippen LogP contribution in [0.1, 0.15) is 42.9 Å². The molecular weight excluding hydrogens is 288 g/mol. The second kappa shape index (κ2) is 7.14. The first-order valence-corrected chi connectivity index (χ1v) is 7.50. The molecule has 0 bridgehead atoms. The summed E-state index contributed by atoms with van der Waals surface area (Å²) in [6, 6.07) is 6.16. The second-order valence-electron chi connectivity index (χ2n) is 5.83. The molecule has 5 heteroatoms. The fraction of sp³-hybridized carbons (Fsp3) is 0.562. The molecular formula is C16H23ClN2O2. The molecule has 1 aliphatic heterocycles. The van der Waals surface area contributed by atoms with E-state index in [-0.39, 0.29) is 30.3 Å². The minimum atomic E-state index is 0. The number of nitrogens with one attached hydrogen (secondary N) is 1. The van der Waals surface area contributed by atoms with E-state index in [1.165, 1.54) is 11.1 Å². The maximum Gasteiger partial charge on any atom is 0.225 e. The van der Waals surface area contributed by atoms with Crippen LogP contribution in [-0.4, -0.2) is 19.1 Å². The molecule has 1 aromatic rings. The van der Waals surface area contributed by atoms with E-state index in [0.717, 1.165) is 44.4 Å². The number of nitrogen functional groups attached to an aromatic ring is 1. The Morgan fingerprint density at radius 1 is 1.29 bits per heavy atom. The molecule has 1 amide bonds. The van der Waals surface area contributed by atoms with Crippen LogP contribution in [-0.2, 0) is 16.0 Å². The van der Waals surface area contributed by atoms with Gasteiger partial charge in [-0.1, -0.05) is 6.07 Å². The van der Waals surface area contributed by atoms with Gasteiger partial charge in [-0.2, -0.15) is 0 Å². The number of carbonyl (C=O) groups is 1. The van der Waals surface area contributed by atoms with E-state index in [2.05, 4.69) is 11.4 Å². The zero-order chi connectivity index (χ0) is 13.9. The Hall–Kier alpha value is -1.26. The minimum Gasteiger partial charge on any atom is -0.399 e. The number of amides is 1. The summed E-state index contributed by atoms with van der Waals surface area (Å²) in [5.41, 5.74) is 9.15. The van der Waals surface area contributed by atoms with Crippen molar-refractivity contribution < 1.29 is 9.53 Å². The molecule has 0 aromatic heterocycles. The van der Waals surface area contributed by atoms with Crippen molar-refractivity contribution in [3.8, 4) is 0 Å². The van der Waals surface area contributed by atoms with Crippen molar-refractivity contribution in [3.63, 3.8) is 0 Å². The number of aryl methyl sites for hydroxylation is 1. The van der Waals surface area contributed by atoms with Gasteiger partial charge >= 0.3 is 0 Å². The first kappa shape index (κ1) is 16.1. The van der Waals surface area contributed by atoms with Gasteiger partial charge in [-0.15, -0.1) is 12.4 Å². The third kappa shape index (κ3) is 3.69. The first-order chi connectivity index (χ1) is 9.74. The second-order valence-corrected chi connectivity index (χ2v) is 5.83. The smallest absolute Gasteiger partial charge is 0.225 e. The highest BCUT2D eigenvalue weighted by Gasteiger charge is 2.27. The third-order valence-corrected chi connectivity index (χ3v) is 4.33. The summed E-state index contributed by atoms with van der Waals surface area (Å²) in [5.74, 6) is 0.155. The van der Waals surface area contributed by atoms with Gasteiger partial charge in [0.05, 0.1) is 18.6 Å². The standard InChI is InChI=1S/C16H22N2O2.ClH/c17-13-6-7-14-11(9-13)3-1-5-15(14)18-16(19)12-4-2-8-20-10-12;/h6-7,9,12,15H,1-5,8,10,17H2,(H,18,19);1H. The van der Waals surface area contributed by atoms with Crippen molar-refractivity contribution in [3.05, 3.63) is 29.3 Å². The summed E-state index contributed by atoms with van der Waals surface area (Å²) >= 11 is 0. The Labute approximate surface area is 131 Å². The fourth-order valence-electron chi connectivity index (χ4n) is 3.22. The number of ether oxygens (including phenoxy) is 1. The van der Waals surface area contributed by atoms with Crippen LogP contribution in [0.5, 0.6) is 0 Å². The van der Waals surface area contributed by atoms with Gasteiger partial charge in [-0.3, -0.25) is 4.79 Å². The molecule has 3 N–H and O–H groups in total. The molecule has 0 radical (unpaired) electrons. The van der Waals surface area contributed by atoms with Crippen LogP contribution in [0.2, 0.25) is 0 Å². The molecule has 2 unspecified atom stereocenters. The van der Waals surface area contributed by atoms with Crippen molar-refractivity contribution in [1.82, 2.24) is 5.32 Å². The van der Waals surface area contributed by atoms with Crippen LogP contribution < -0.4 is 11.1 Å². The van der Waals surface area contributed by atoms with Gasteiger partial charge in [0.1, 0.15) is 0 Å². The molecule has 1 heterocycles. The normalized spacial score (nSPS) is 24.6. The molecule has 1 fully saturated rings. The maximum atomic E-state index is 12.3. The molecule has 116 valence electrons. The number of anilines is 1. The Kier molecular flexibility index (Phi) is 5.48. The van der Waals surface area contributed by atoms with E-state index < -0.39 is 0 Å². The van der Waals surface area contributed by atoms with E-state index in [1.807, 2.05) is 12.1 Å². The largest absolute Gasteiger partial charge is 0.399 e. The first-order valence-electron chi connectivity index (χ1n) is 7.50. The van der Waals surface area contributed by atoms with Crippen LogP contribution >= 0.6 is 12.4 Å². The summed E-state index contributed by atoms with van der Waals surface area (Å²) in [6.07, 6.45) is 5.08. The topological polar surface area (TPSA) is 64.3 Å². The van der Waals surface area contributed by atoms with Crippen LogP contribution in [0.25, 0.3) is 0 Å². The van der Waals surface area contributed by atoms with Crippen LogP contribution in [0, 0.1) is 5.92 Å². The lowest BCUT2D eigenvalue weighted by molar-refractivity contribution is -0.129. The molecule has 21 heavy (non-hydrogen) atoms. The lowest BCUT2D eigenvalue weighted by Gasteiger charge is -2.29. The Balaban J connectivity index is 0.00000161. The lowest BCUT2D eigenvalue weighted by atomic mass is 9.87. The van der Waals surface area contributed by atoms with Crippen LogP contribution in [0.15, 0.2) is 18.2 Å². The average Bonchev–Trinajstić information content (AvgIpc) is 2.48. The predicted molar refractivity (Wildman–Crippen MR) is 85.5 cm³/mol. The Bertz CT molecular complexity index is 501. The van der Waals surface area contributed by atoms with Crippen molar-refractivity contribution in [2.75, 3.05) is 18.9 Å². The quantitative estimate of drug-likeness (QED) is 0.825. The highest BCUT2D eigenvalue weighted by Crippen LogP contribution is 2.31. The van der Waals surface area contributed by atoms with Crippen LogP contribution in [0.4, 0.5) is 5.69 Å². The van der Waals surface area contributed by atoms with E-state index >= 15 is 0 Å².